The van der Waals surface area contributed by atoms with Crippen LogP contribution in [0.4, 0.5) is 0 Å². The van der Waals surface area contributed by atoms with Crippen LogP contribution in [0.2, 0.25) is 0 Å². The van der Waals surface area contributed by atoms with Gasteiger partial charge in [0.05, 0.1) is 0 Å². The Morgan fingerprint density at radius 3 is 2.04 bits per heavy atom. The molecule has 5 nitrogen and oxygen atoms in total. The Kier molecular flexibility index (Phi) is 8.36. The number of nitrogens with zero attached hydrogens (tertiary/aromatic N) is 1. The van der Waals surface area contributed by atoms with E-state index in [9.17, 15) is 9.59 Å². The van der Waals surface area contributed by atoms with Gasteiger partial charge in [-0.3, -0.25) is 14.8 Å². The molecule has 2 rings (SSSR count). The fourth-order valence-corrected chi connectivity index (χ4v) is 2.78. The maximum absolute atomic E-state index is 12.7. The minimum absolute atomic E-state index is 0.0918. The first-order valence-corrected chi connectivity index (χ1v) is 8.97. The van der Waals surface area contributed by atoms with E-state index in [-0.39, 0.29) is 12.3 Å². The predicted octanol–water partition coefficient (Wildman–Crippen LogP) is 3.32. The van der Waals surface area contributed by atoms with E-state index in [1.165, 1.54) is 5.56 Å². The van der Waals surface area contributed by atoms with Crippen LogP contribution in [0.25, 0.3) is 0 Å². The van der Waals surface area contributed by atoms with Crippen molar-refractivity contribution in [3.05, 3.63) is 71.8 Å². The van der Waals surface area contributed by atoms with Crippen molar-refractivity contribution in [3.8, 4) is 0 Å². The normalized spacial score (nSPS) is 10.3. The summed E-state index contributed by atoms with van der Waals surface area (Å²) in [4.78, 5) is 25.6. The van der Waals surface area contributed by atoms with E-state index in [0.717, 1.165) is 12.0 Å². The zero-order chi connectivity index (χ0) is 18.6. The molecular formula is C21H26N2O3. The van der Waals surface area contributed by atoms with Crippen LogP contribution in [0.3, 0.4) is 0 Å². The van der Waals surface area contributed by atoms with Crippen molar-refractivity contribution in [1.82, 2.24) is 10.4 Å². The zero-order valence-corrected chi connectivity index (χ0v) is 14.9. The second-order valence-electron chi connectivity index (χ2n) is 6.28. The lowest BCUT2D eigenvalue weighted by molar-refractivity contribution is -0.132. The number of unbranched alkanes of at least 4 members (excludes halogenated alkanes) is 1. The second kappa shape index (κ2) is 11.1. The van der Waals surface area contributed by atoms with Crippen molar-refractivity contribution < 1.29 is 14.8 Å². The summed E-state index contributed by atoms with van der Waals surface area (Å²) in [6.45, 7) is 1.25. The van der Waals surface area contributed by atoms with Crippen LogP contribution in [0, 0.1) is 0 Å². The summed E-state index contributed by atoms with van der Waals surface area (Å²) in [6, 6.07) is 20.1. The van der Waals surface area contributed by atoms with E-state index < -0.39 is 5.91 Å². The van der Waals surface area contributed by atoms with Crippen molar-refractivity contribution in [2.45, 2.75) is 38.6 Å². The standard InChI is InChI=1S/C21H26N2O3/c24-20(22-26)13-7-8-14-21(25)23(17-19-11-5-2-6-12-19)16-15-18-9-3-1-4-10-18/h1-6,9-12,26H,7-8,13-17H2,(H,22,24). The van der Waals surface area contributed by atoms with E-state index in [2.05, 4.69) is 12.1 Å². The molecular weight excluding hydrogens is 328 g/mol. The molecule has 0 spiro atoms. The van der Waals surface area contributed by atoms with Gasteiger partial charge in [-0.15, -0.1) is 0 Å². The highest BCUT2D eigenvalue weighted by molar-refractivity contribution is 5.76. The molecule has 2 amide bonds. The molecule has 0 aliphatic rings. The average Bonchev–Trinajstić information content (AvgIpc) is 2.69. The van der Waals surface area contributed by atoms with Crippen LogP contribution in [0.5, 0.6) is 0 Å². The van der Waals surface area contributed by atoms with Gasteiger partial charge in [0, 0.05) is 25.9 Å². The van der Waals surface area contributed by atoms with E-state index in [1.54, 1.807) is 5.48 Å². The summed E-state index contributed by atoms with van der Waals surface area (Å²) in [5.74, 6) is -0.322. The Balaban J connectivity index is 1.90. The van der Waals surface area contributed by atoms with Crippen LogP contribution in [-0.2, 0) is 22.6 Å². The number of amides is 2. The number of benzene rings is 2. The summed E-state index contributed by atoms with van der Waals surface area (Å²) in [7, 11) is 0. The minimum atomic E-state index is -0.414. The summed E-state index contributed by atoms with van der Waals surface area (Å²) < 4.78 is 0. The Labute approximate surface area is 154 Å². The minimum Gasteiger partial charge on any atom is -0.338 e. The van der Waals surface area contributed by atoms with Crippen molar-refractivity contribution in [2.75, 3.05) is 6.54 Å². The monoisotopic (exact) mass is 354 g/mol. The second-order valence-corrected chi connectivity index (χ2v) is 6.28. The van der Waals surface area contributed by atoms with Crippen molar-refractivity contribution >= 4 is 11.8 Å². The number of carbonyl (C=O) groups excluding carboxylic acids is 2. The molecule has 0 aliphatic heterocycles. The molecule has 2 N–H and O–H groups in total. The molecule has 0 aromatic heterocycles. The Morgan fingerprint density at radius 2 is 1.42 bits per heavy atom. The first-order chi connectivity index (χ1) is 12.7. The van der Waals surface area contributed by atoms with E-state index >= 15 is 0 Å². The average molecular weight is 354 g/mol. The van der Waals surface area contributed by atoms with Gasteiger partial charge in [0.2, 0.25) is 11.8 Å². The van der Waals surface area contributed by atoms with Gasteiger partial charge < -0.3 is 4.90 Å². The van der Waals surface area contributed by atoms with E-state index in [0.29, 0.717) is 32.4 Å². The number of rotatable bonds is 10. The molecule has 0 saturated carbocycles. The van der Waals surface area contributed by atoms with Gasteiger partial charge in [-0.1, -0.05) is 60.7 Å². The van der Waals surface area contributed by atoms with Gasteiger partial charge in [-0.2, -0.15) is 0 Å². The molecule has 0 bridgehead atoms. The highest BCUT2D eigenvalue weighted by Gasteiger charge is 2.14. The Hall–Kier alpha value is -2.66. The topological polar surface area (TPSA) is 69.6 Å². The molecule has 2 aromatic rings. The fraction of sp³-hybridized carbons (Fsp3) is 0.333. The molecule has 138 valence electrons. The third-order valence-corrected chi connectivity index (χ3v) is 4.25. The van der Waals surface area contributed by atoms with E-state index in [4.69, 9.17) is 5.21 Å². The predicted molar refractivity (Wildman–Crippen MR) is 100 cm³/mol. The molecule has 0 fully saturated rings. The van der Waals surface area contributed by atoms with E-state index in [1.807, 2.05) is 53.4 Å². The Bertz CT molecular complexity index is 674. The number of hydrogen-bond acceptors (Lipinski definition) is 3. The third-order valence-electron chi connectivity index (χ3n) is 4.25. The fourth-order valence-electron chi connectivity index (χ4n) is 2.78. The quantitative estimate of drug-likeness (QED) is 0.391. The van der Waals surface area contributed by atoms with Gasteiger partial charge in [0.15, 0.2) is 0 Å². The summed E-state index contributed by atoms with van der Waals surface area (Å²) in [5, 5.41) is 8.50. The molecule has 2 aromatic carbocycles. The number of nitrogens with one attached hydrogen (secondary N) is 1. The largest absolute Gasteiger partial charge is 0.338 e. The van der Waals surface area contributed by atoms with Gasteiger partial charge in [-0.25, -0.2) is 5.48 Å². The first kappa shape index (κ1) is 19.7. The van der Waals surface area contributed by atoms with Gasteiger partial charge in [0.25, 0.3) is 0 Å². The summed E-state index contributed by atoms with van der Waals surface area (Å²) >= 11 is 0. The summed E-state index contributed by atoms with van der Waals surface area (Å²) in [5.41, 5.74) is 3.92. The molecule has 0 saturated heterocycles. The highest BCUT2D eigenvalue weighted by Crippen LogP contribution is 2.11. The Morgan fingerprint density at radius 1 is 0.846 bits per heavy atom. The molecule has 0 atom stereocenters. The molecule has 5 heteroatoms. The number of hydroxylamine groups is 1. The molecule has 0 heterocycles. The molecule has 26 heavy (non-hydrogen) atoms. The third kappa shape index (κ3) is 7.07. The van der Waals surface area contributed by atoms with Crippen LogP contribution in [0.15, 0.2) is 60.7 Å². The molecule has 0 unspecified atom stereocenters. The van der Waals surface area contributed by atoms with Crippen LogP contribution in [-0.4, -0.2) is 28.5 Å². The van der Waals surface area contributed by atoms with Gasteiger partial charge in [-0.05, 0) is 30.4 Å². The van der Waals surface area contributed by atoms with Crippen LogP contribution >= 0.6 is 0 Å². The van der Waals surface area contributed by atoms with Gasteiger partial charge in [0.1, 0.15) is 0 Å². The van der Waals surface area contributed by atoms with Crippen LogP contribution < -0.4 is 5.48 Å². The lowest BCUT2D eigenvalue weighted by Gasteiger charge is -2.23. The van der Waals surface area contributed by atoms with Crippen molar-refractivity contribution in [3.63, 3.8) is 0 Å². The number of carbonyl (C=O) groups is 2. The zero-order valence-electron chi connectivity index (χ0n) is 14.9. The van der Waals surface area contributed by atoms with Crippen LogP contribution in [0.1, 0.15) is 36.8 Å². The van der Waals surface area contributed by atoms with Crippen molar-refractivity contribution in [1.29, 1.82) is 0 Å². The smallest absolute Gasteiger partial charge is 0.243 e. The SMILES string of the molecule is O=C(CCCCC(=O)N(CCc1ccccc1)Cc1ccccc1)NO. The number of hydrogen-bond donors (Lipinski definition) is 2. The lowest BCUT2D eigenvalue weighted by atomic mass is 10.1. The van der Waals surface area contributed by atoms with Gasteiger partial charge >= 0.3 is 0 Å². The molecule has 0 radical (unpaired) electrons. The first-order valence-electron chi connectivity index (χ1n) is 8.97. The maximum atomic E-state index is 12.7. The lowest BCUT2D eigenvalue weighted by Crippen LogP contribution is -2.32. The maximum Gasteiger partial charge on any atom is 0.243 e. The van der Waals surface area contributed by atoms with Crippen molar-refractivity contribution in [2.24, 2.45) is 0 Å². The highest BCUT2D eigenvalue weighted by atomic mass is 16.5. The summed E-state index contributed by atoms with van der Waals surface area (Å²) in [6.07, 6.45) is 2.65. The molecule has 0 aliphatic carbocycles.